The maximum atomic E-state index is 10.7. The molecule has 0 radical (unpaired) electrons. The number of hydrogen-bond acceptors (Lipinski definition) is 6. The molecule has 0 fully saturated rings. The molecule has 7 nitrogen and oxygen atoms in total. The smallest absolute Gasteiger partial charge is 0.397 e. The monoisotopic (exact) mass is 284 g/mol. The molecule has 8 heteroatoms. The van der Waals surface area contributed by atoms with Crippen molar-refractivity contribution in [3.05, 3.63) is 0 Å². The van der Waals surface area contributed by atoms with Crippen molar-refractivity contribution in [1.82, 2.24) is 0 Å². The van der Waals surface area contributed by atoms with Gasteiger partial charge in [-0.3, -0.25) is 9.35 Å². The zero-order valence-corrected chi connectivity index (χ0v) is 11.5. The highest BCUT2D eigenvalue weighted by molar-refractivity contribution is 7.80. The Bertz CT molecular complexity index is 351. The standard InChI is InChI=1S/C10H20O7S/c1-4-9(12)6-10(17-18(13,14)15)5-7(2)16-8(3)11/h7,9-10,12H,4-6H2,1-3H3,(H,13,14,15). The summed E-state index contributed by atoms with van der Waals surface area (Å²) < 4.78 is 39.2. The summed E-state index contributed by atoms with van der Waals surface area (Å²) in [7, 11) is -4.60. The number of carbonyl (C=O) groups excluding carboxylic acids is 1. The van der Waals surface area contributed by atoms with E-state index in [-0.39, 0.29) is 12.8 Å². The molecular weight excluding hydrogens is 264 g/mol. The van der Waals surface area contributed by atoms with Crippen LogP contribution in [0.4, 0.5) is 0 Å². The SMILES string of the molecule is CCC(O)CC(CC(C)OC(C)=O)OS(=O)(=O)O. The van der Waals surface area contributed by atoms with E-state index in [0.717, 1.165) is 0 Å². The maximum absolute atomic E-state index is 10.7. The summed E-state index contributed by atoms with van der Waals surface area (Å²) in [5, 5.41) is 9.46. The zero-order valence-electron chi connectivity index (χ0n) is 10.7. The Morgan fingerprint density at radius 3 is 2.28 bits per heavy atom. The van der Waals surface area contributed by atoms with Gasteiger partial charge in [0.15, 0.2) is 0 Å². The van der Waals surface area contributed by atoms with Gasteiger partial charge in [-0.05, 0) is 13.3 Å². The number of esters is 1. The Kier molecular flexibility index (Phi) is 7.37. The van der Waals surface area contributed by atoms with E-state index < -0.39 is 34.7 Å². The summed E-state index contributed by atoms with van der Waals surface area (Å²) in [6, 6.07) is 0. The first-order valence-electron chi connectivity index (χ1n) is 5.65. The van der Waals surface area contributed by atoms with Gasteiger partial charge in [-0.25, -0.2) is 4.18 Å². The highest BCUT2D eigenvalue weighted by Gasteiger charge is 2.23. The summed E-state index contributed by atoms with van der Waals surface area (Å²) >= 11 is 0. The molecule has 0 aromatic heterocycles. The van der Waals surface area contributed by atoms with E-state index in [2.05, 4.69) is 4.18 Å². The second-order valence-corrected chi connectivity index (χ2v) is 5.15. The molecule has 3 unspecified atom stereocenters. The number of hydrogen-bond donors (Lipinski definition) is 2. The number of carbonyl (C=O) groups is 1. The first-order chi connectivity index (χ1) is 8.14. The van der Waals surface area contributed by atoms with Crippen LogP contribution in [0.25, 0.3) is 0 Å². The molecule has 0 aromatic rings. The lowest BCUT2D eigenvalue weighted by atomic mass is 10.0. The van der Waals surface area contributed by atoms with Crippen molar-refractivity contribution < 1.29 is 31.8 Å². The predicted molar refractivity (Wildman–Crippen MR) is 63.2 cm³/mol. The Hall–Kier alpha value is -0.700. The fraction of sp³-hybridized carbons (Fsp3) is 0.900. The van der Waals surface area contributed by atoms with Crippen LogP contribution in [0.3, 0.4) is 0 Å². The van der Waals surface area contributed by atoms with Crippen LogP contribution in [0.5, 0.6) is 0 Å². The normalized spacial score (nSPS) is 16.9. The van der Waals surface area contributed by atoms with Gasteiger partial charge in [0.2, 0.25) is 0 Å². The minimum Gasteiger partial charge on any atom is -0.463 e. The third-order valence-corrected chi connectivity index (χ3v) is 2.74. The molecule has 0 spiro atoms. The van der Waals surface area contributed by atoms with E-state index >= 15 is 0 Å². The lowest BCUT2D eigenvalue weighted by Gasteiger charge is -2.21. The largest absolute Gasteiger partial charge is 0.463 e. The van der Waals surface area contributed by atoms with Crippen LogP contribution in [-0.2, 0) is 24.1 Å². The fourth-order valence-electron chi connectivity index (χ4n) is 1.52. The average Bonchev–Trinajstić information content (AvgIpc) is 2.12. The molecule has 0 saturated carbocycles. The lowest BCUT2D eigenvalue weighted by molar-refractivity contribution is -0.146. The van der Waals surface area contributed by atoms with Gasteiger partial charge in [0.05, 0.1) is 12.2 Å². The molecule has 0 rings (SSSR count). The quantitative estimate of drug-likeness (QED) is 0.498. The van der Waals surface area contributed by atoms with Gasteiger partial charge in [-0.15, -0.1) is 0 Å². The second-order valence-electron chi connectivity index (χ2n) is 4.10. The number of aliphatic hydroxyl groups is 1. The van der Waals surface area contributed by atoms with Crippen LogP contribution >= 0.6 is 0 Å². The Labute approximate surface area is 107 Å². The van der Waals surface area contributed by atoms with Gasteiger partial charge in [0.1, 0.15) is 6.10 Å². The van der Waals surface area contributed by atoms with Gasteiger partial charge in [-0.1, -0.05) is 6.92 Å². The molecule has 3 atom stereocenters. The highest BCUT2D eigenvalue weighted by atomic mass is 32.3. The predicted octanol–water partition coefficient (Wildman–Crippen LogP) is 0.677. The van der Waals surface area contributed by atoms with Crippen molar-refractivity contribution in [2.45, 2.75) is 58.3 Å². The van der Waals surface area contributed by atoms with Gasteiger partial charge in [-0.2, -0.15) is 8.42 Å². The Morgan fingerprint density at radius 1 is 1.33 bits per heavy atom. The van der Waals surface area contributed by atoms with E-state index in [9.17, 15) is 18.3 Å². The molecule has 0 aliphatic heterocycles. The van der Waals surface area contributed by atoms with Crippen LogP contribution in [0, 0.1) is 0 Å². The first-order valence-corrected chi connectivity index (χ1v) is 7.01. The number of ether oxygens (including phenoxy) is 1. The molecule has 0 aromatic carbocycles. The van der Waals surface area contributed by atoms with Crippen molar-refractivity contribution in [2.24, 2.45) is 0 Å². The van der Waals surface area contributed by atoms with Gasteiger partial charge in [0, 0.05) is 19.8 Å². The molecule has 0 amide bonds. The third kappa shape index (κ3) is 9.34. The third-order valence-electron chi connectivity index (χ3n) is 2.23. The maximum Gasteiger partial charge on any atom is 0.397 e. The average molecular weight is 284 g/mol. The van der Waals surface area contributed by atoms with E-state index in [4.69, 9.17) is 9.29 Å². The minimum absolute atomic E-state index is 0.0297. The van der Waals surface area contributed by atoms with E-state index in [1.54, 1.807) is 13.8 Å². The molecule has 0 aliphatic carbocycles. The molecular formula is C10H20O7S. The second kappa shape index (κ2) is 7.67. The molecule has 0 aliphatic rings. The van der Waals surface area contributed by atoms with Crippen LogP contribution in [-0.4, -0.2) is 42.4 Å². The first kappa shape index (κ1) is 17.3. The molecule has 18 heavy (non-hydrogen) atoms. The number of aliphatic hydroxyl groups excluding tert-OH is 1. The molecule has 2 N–H and O–H groups in total. The van der Waals surface area contributed by atoms with Crippen molar-refractivity contribution in [1.29, 1.82) is 0 Å². The van der Waals surface area contributed by atoms with Crippen LogP contribution in [0.2, 0.25) is 0 Å². The van der Waals surface area contributed by atoms with Gasteiger partial charge >= 0.3 is 16.4 Å². The minimum atomic E-state index is -4.60. The Balaban J connectivity index is 4.51. The van der Waals surface area contributed by atoms with Crippen molar-refractivity contribution in [3.8, 4) is 0 Å². The molecule has 108 valence electrons. The zero-order chi connectivity index (χ0) is 14.3. The van der Waals surface area contributed by atoms with Crippen molar-refractivity contribution in [3.63, 3.8) is 0 Å². The van der Waals surface area contributed by atoms with Crippen molar-refractivity contribution >= 4 is 16.4 Å². The molecule has 0 bridgehead atoms. The summed E-state index contributed by atoms with van der Waals surface area (Å²) in [5.74, 6) is -0.496. The molecule has 0 saturated heterocycles. The highest BCUT2D eigenvalue weighted by Crippen LogP contribution is 2.15. The van der Waals surface area contributed by atoms with Crippen LogP contribution in [0.15, 0.2) is 0 Å². The summed E-state index contributed by atoms with van der Waals surface area (Å²) in [6.07, 6.45) is -1.74. The van der Waals surface area contributed by atoms with Crippen LogP contribution < -0.4 is 0 Å². The molecule has 0 heterocycles. The fourth-order valence-corrected chi connectivity index (χ4v) is 2.02. The van der Waals surface area contributed by atoms with Gasteiger partial charge in [0.25, 0.3) is 0 Å². The number of rotatable bonds is 8. The van der Waals surface area contributed by atoms with E-state index in [1.807, 2.05) is 0 Å². The topological polar surface area (TPSA) is 110 Å². The van der Waals surface area contributed by atoms with E-state index in [0.29, 0.717) is 6.42 Å². The van der Waals surface area contributed by atoms with Crippen molar-refractivity contribution in [2.75, 3.05) is 0 Å². The summed E-state index contributed by atoms with van der Waals surface area (Å²) in [5.41, 5.74) is 0. The summed E-state index contributed by atoms with van der Waals surface area (Å²) in [4.78, 5) is 10.7. The van der Waals surface area contributed by atoms with Crippen LogP contribution in [0.1, 0.15) is 40.0 Å². The Morgan fingerprint density at radius 2 is 1.89 bits per heavy atom. The van der Waals surface area contributed by atoms with Gasteiger partial charge < -0.3 is 9.84 Å². The lowest BCUT2D eigenvalue weighted by Crippen LogP contribution is -2.28. The van der Waals surface area contributed by atoms with E-state index in [1.165, 1.54) is 6.92 Å². The summed E-state index contributed by atoms with van der Waals surface area (Å²) in [6.45, 7) is 4.53.